The molecule has 1 amide bonds. The van der Waals surface area contributed by atoms with Crippen LogP contribution in [0.4, 0.5) is 0 Å². The summed E-state index contributed by atoms with van der Waals surface area (Å²) in [6, 6.07) is 2.70. The summed E-state index contributed by atoms with van der Waals surface area (Å²) in [6.45, 7) is 5.92. The molecule has 0 aromatic carbocycles. The summed E-state index contributed by atoms with van der Waals surface area (Å²) >= 11 is 1.26. The molecular formula is C17H18N2O4S. The van der Waals surface area contributed by atoms with Gasteiger partial charge in [0.05, 0.1) is 27.4 Å². The second-order valence-corrected chi connectivity index (χ2v) is 6.86. The van der Waals surface area contributed by atoms with Crippen LogP contribution in [0.2, 0.25) is 0 Å². The summed E-state index contributed by atoms with van der Waals surface area (Å²) in [7, 11) is 0. The number of Topliss-reactive ketones (excluding diaryl/α,β-unsaturated/α-hetero) is 1. The van der Waals surface area contributed by atoms with Crippen LogP contribution in [-0.4, -0.2) is 33.2 Å². The van der Waals surface area contributed by atoms with Gasteiger partial charge in [-0.05, 0) is 32.4 Å². The van der Waals surface area contributed by atoms with Crippen LogP contribution >= 0.6 is 11.3 Å². The topological polar surface area (TPSA) is 83.6 Å². The van der Waals surface area contributed by atoms with E-state index in [2.05, 4.69) is 4.98 Å². The van der Waals surface area contributed by atoms with Gasteiger partial charge in [0.1, 0.15) is 11.8 Å². The minimum atomic E-state index is -0.707. The fourth-order valence-electron chi connectivity index (χ4n) is 2.96. The minimum absolute atomic E-state index is 0.0650. The maximum absolute atomic E-state index is 13.0. The van der Waals surface area contributed by atoms with Crippen molar-refractivity contribution < 1.29 is 19.1 Å². The fourth-order valence-corrected chi connectivity index (χ4v) is 3.84. The molecule has 1 aliphatic heterocycles. The Morgan fingerprint density at radius 1 is 1.46 bits per heavy atom. The number of hydrogen-bond donors (Lipinski definition) is 1. The average Bonchev–Trinajstić information content (AvgIpc) is 3.22. The molecule has 0 saturated heterocycles. The van der Waals surface area contributed by atoms with Crippen molar-refractivity contribution in [1.82, 2.24) is 9.88 Å². The summed E-state index contributed by atoms with van der Waals surface area (Å²) in [4.78, 5) is 31.7. The second kappa shape index (κ2) is 6.24. The molecule has 126 valence electrons. The van der Waals surface area contributed by atoms with Gasteiger partial charge in [-0.25, -0.2) is 4.98 Å². The number of ketones is 1. The van der Waals surface area contributed by atoms with E-state index in [4.69, 9.17) is 4.42 Å². The molecule has 2 aromatic rings. The number of rotatable bonds is 5. The molecule has 2 aromatic heterocycles. The van der Waals surface area contributed by atoms with Gasteiger partial charge in [0.15, 0.2) is 5.76 Å². The molecule has 1 unspecified atom stereocenters. The lowest BCUT2D eigenvalue weighted by Crippen LogP contribution is -2.31. The molecule has 0 aliphatic carbocycles. The van der Waals surface area contributed by atoms with Gasteiger partial charge in [0.2, 0.25) is 5.78 Å². The Balaban J connectivity index is 2.10. The zero-order valence-electron chi connectivity index (χ0n) is 13.7. The Labute approximate surface area is 143 Å². The van der Waals surface area contributed by atoms with Gasteiger partial charge in [-0.3, -0.25) is 9.59 Å². The lowest BCUT2D eigenvalue weighted by molar-refractivity contribution is -0.129. The molecule has 0 bridgehead atoms. The van der Waals surface area contributed by atoms with E-state index in [-0.39, 0.29) is 11.4 Å². The van der Waals surface area contributed by atoms with E-state index in [0.717, 1.165) is 5.01 Å². The molecule has 3 heterocycles. The van der Waals surface area contributed by atoms with Gasteiger partial charge in [-0.1, -0.05) is 6.92 Å². The van der Waals surface area contributed by atoms with Crippen LogP contribution in [0.1, 0.15) is 45.5 Å². The number of aryl methyl sites for hydroxylation is 2. The highest BCUT2D eigenvalue weighted by molar-refractivity contribution is 7.14. The number of nitrogens with zero attached hydrogens (tertiary/aromatic N) is 2. The summed E-state index contributed by atoms with van der Waals surface area (Å²) in [5, 5.41) is 11.1. The van der Waals surface area contributed by atoms with Crippen LogP contribution in [0.25, 0.3) is 0 Å². The highest BCUT2D eigenvalue weighted by Crippen LogP contribution is 2.40. The largest absolute Gasteiger partial charge is 0.503 e. The maximum Gasteiger partial charge on any atom is 0.290 e. The molecule has 0 saturated carbocycles. The molecular weight excluding hydrogens is 328 g/mol. The van der Waals surface area contributed by atoms with Crippen molar-refractivity contribution in [3.8, 4) is 0 Å². The number of furan rings is 1. The first kappa shape index (κ1) is 16.4. The lowest BCUT2D eigenvalue weighted by Gasteiger charge is -2.24. The quantitative estimate of drug-likeness (QED) is 0.840. The standard InChI is InChI=1S/C17H18N2O4S/c1-4-7-19-13(11-6-5-8-23-11)12(15(21)17(19)22)14(20)16-9(2)18-10(3)24-16/h5-6,8,13,21H,4,7H2,1-3H3. The zero-order chi connectivity index (χ0) is 17.4. The monoisotopic (exact) mass is 346 g/mol. The third kappa shape index (κ3) is 2.54. The van der Waals surface area contributed by atoms with E-state index in [1.165, 1.54) is 22.5 Å². The second-order valence-electron chi connectivity index (χ2n) is 5.66. The van der Waals surface area contributed by atoms with E-state index in [9.17, 15) is 14.7 Å². The molecule has 7 heteroatoms. The van der Waals surface area contributed by atoms with Crippen LogP contribution in [-0.2, 0) is 4.79 Å². The van der Waals surface area contributed by atoms with Crippen LogP contribution < -0.4 is 0 Å². The first-order valence-electron chi connectivity index (χ1n) is 7.71. The summed E-state index contributed by atoms with van der Waals surface area (Å²) < 4.78 is 5.44. The zero-order valence-corrected chi connectivity index (χ0v) is 14.5. The number of aliphatic hydroxyl groups is 1. The molecule has 1 atom stereocenters. The number of aliphatic hydroxyl groups excluding tert-OH is 1. The predicted octanol–water partition coefficient (Wildman–Crippen LogP) is 3.34. The average molecular weight is 346 g/mol. The molecule has 3 rings (SSSR count). The Morgan fingerprint density at radius 2 is 2.21 bits per heavy atom. The van der Waals surface area contributed by atoms with Gasteiger partial charge >= 0.3 is 0 Å². The maximum atomic E-state index is 13.0. The number of carbonyl (C=O) groups is 2. The van der Waals surface area contributed by atoms with E-state index in [0.29, 0.717) is 29.3 Å². The summed E-state index contributed by atoms with van der Waals surface area (Å²) in [5.41, 5.74) is 0.664. The number of thiazole rings is 1. The molecule has 1 N–H and O–H groups in total. The molecule has 0 spiro atoms. The fraction of sp³-hybridized carbons (Fsp3) is 0.353. The van der Waals surface area contributed by atoms with Gasteiger partial charge in [0.25, 0.3) is 5.91 Å². The van der Waals surface area contributed by atoms with Crippen molar-refractivity contribution in [2.24, 2.45) is 0 Å². The number of amides is 1. The van der Waals surface area contributed by atoms with Gasteiger partial charge in [-0.15, -0.1) is 11.3 Å². The Kier molecular flexibility index (Phi) is 4.28. The summed E-state index contributed by atoms with van der Waals surface area (Å²) in [6.07, 6.45) is 2.19. The van der Waals surface area contributed by atoms with Crippen molar-refractivity contribution in [1.29, 1.82) is 0 Å². The molecule has 1 aliphatic rings. The van der Waals surface area contributed by atoms with Crippen LogP contribution in [0, 0.1) is 13.8 Å². The van der Waals surface area contributed by atoms with E-state index < -0.39 is 17.7 Å². The third-order valence-electron chi connectivity index (χ3n) is 3.94. The first-order valence-corrected chi connectivity index (χ1v) is 8.53. The Bertz CT molecular complexity index is 820. The van der Waals surface area contributed by atoms with Gasteiger partial charge in [-0.2, -0.15) is 0 Å². The van der Waals surface area contributed by atoms with Crippen LogP contribution in [0.3, 0.4) is 0 Å². The Morgan fingerprint density at radius 3 is 2.75 bits per heavy atom. The minimum Gasteiger partial charge on any atom is -0.503 e. The summed E-state index contributed by atoms with van der Waals surface area (Å²) in [5.74, 6) is -0.951. The number of carbonyl (C=O) groups excluding carboxylic acids is 2. The van der Waals surface area contributed by atoms with Crippen molar-refractivity contribution in [3.63, 3.8) is 0 Å². The van der Waals surface area contributed by atoms with Crippen molar-refractivity contribution >= 4 is 23.0 Å². The van der Waals surface area contributed by atoms with Gasteiger partial charge < -0.3 is 14.4 Å². The van der Waals surface area contributed by atoms with Crippen LogP contribution in [0.15, 0.2) is 34.1 Å². The molecule has 6 nitrogen and oxygen atoms in total. The van der Waals surface area contributed by atoms with Crippen molar-refractivity contribution in [2.75, 3.05) is 6.54 Å². The molecule has 0 radical (unpaired) electrons. The smallest absolute Gasteiger partial charge is 0.290 e. The van der Waals surface area contributed by atoms with E-state index >= 15 is 0 Å². The number of hydrogen-bond acceptors (Lipinski definition) is 6. The van der Waals surface area contributed by atoms with Crippen molar-refractivity contribution in [3.05, 3.63) is 51.1 Å². The highest BCUT2D eigenvalue weighted by Gasteiger charge is 2.45. The number of aromatic nitrogens is 1. The van der Waals surface area contributed by atoms with Gasteiger partial charge in [0, 0.05) is 6.54 Å². The SMILES string of the molecule is CCCN1C(=O)C(O)=C(C(=O)c2sc(C)nc2C)C1c1ccco1. The first-order chi connectivity index (χ1) is 11.5. The van der Waals surface area contributed by atoms with Crippen molar-refractivity contribution in [2.45, 2.75) is 33.2 Å². The van der Waals surface area contributed by atoms with E-state index in [1.807, 2.05) is 13.8 Å². The predicted molar refractivity (Wildman–Crippen MR) is 89.0 cm³/mol. The third-order valence-corrected chi connectivity index (χ3v) is 5.01. The van der Waals surface area contributed by atoms with E-state index in [1.54, 1.807) is 19.1 Å². The Hall–Kier alpha value is -2.41. The highest BCUT2D eigenvalue weighted by atomic mass is 32.1. The molecule has 24 heavy (non-hydrogen) atoms. The van der Waals surface area contributed by atoms with Crippen LogP contribution in [0.5, 0.6) is 0 Å². The normalized spacial score (nSPS) is 17.9. The lowest BCUT2D eigenvalue weighted by atomic mass is 9.99. The molecule has 0 fully saturated rings.